The first-order valence-electron chi connectivity index (χ1n) is 12.6. The van der Waals surface area contributed by atoms with Gasteiger partial charge in [-0.2, -0.15) is 10.5 Å². The second-order valence-corrected chi connectivity index (χ2v) is 12.1. The van der Waals surface area contributed by atoms with Crippen molar-refractivity contribution < 1.29 is 4.79 Å². The molecule has 2 aliphatic rings. The molecule has 37 heavy (non-hydrogen) atoms. The van der Waals surface area contributed by atoms with Gasteiger partial charge in [-0.3, -0.25) is 4.79 Å². The van der Waals surface area contributed by atoms with E-state index in [0.717, 1.165) is 47.7 Å². The van der Waals surface area contributed by atoms with Gasteiger partial charge in [0.1, 0.15) is 11.5 Å². The number of carbonyl (C=O) groups is 1. The molecule has 1 aliphatic carbocycles. The molecule has 1 amide bonds. The van der Waals surface area contributed by atoms with E-state index in [1.807, 2.05) is 0 Å². The Morgan fingerprint density at radius 1 is 1.41 bits per heavy atom. The third kappa shape index (κ3) is 4.58. The van der Waals surface area contributed by atoms with Gasteiger partial charge in [-0.25, -0.2) is 0 Å². The topological polar surface area (TPSA) is 114 Å². The summed E-state index contributed by atoms with van der Waals surface area (Å²) in [4.78, 5) is 19.8. The molecule has 1 saturated heterocycles. The van der Waals surface area contributed by atoms with Crippen molar-refractivity contribution in [2.24, 2.45) is 0 Å². The molecule has 3 aromatic rings. The fourth-order valence-corrected chi connectivity index (χ4v) is 8.27. The number of likely N-dealkylation sites (tertiary alicyclic amines) is 1. The van der Waals surface area contributed by atoms with E-state index in [4.69, 9.17) is 0 Å². The Labute approximate surface area is 225 Å². The van der Waals surface area contributed by atoms with Crippen LogP contribution >= 0.6 is 22.7 Å². The van der Waals surface area contributed by atoms with Crippen molar-refractivity contribution >= 4 is 28.6 Å². The molecule has 1 aliphatic heterocycles. The highest BCUT2D eigenvalue weighted by Gasteiger charge is 2.48. The smallest absolute Gasteiger partial charge is 0.263 e. The highest BCUT2D eigenvalue weighted by atomic mass is 32.1. The van der Waals surface area contributed by atoms with E-state index < -0.39 is 5.41 Å². The van der Waals surface area contributed by atoms with Gasteiger partial charge in [-0.05, 0) is 67.7 Å². The fraction of sp³-hybridized carbons (Fsp3) is 0.500. The summed E-state index contributed by atoms with van der Waals surface area (Å²) >= 11 is 3.27. The molecule has 5 rings (SSSR count). The van der Waals surface area contributed by atoms with Crippen LogP contribution in [0.3, 0.4) is 0 Å². The molecule has 0 radical (unpaired) electrons. The van der Waals surface area contributed by atoms with E-state index in [1.54, 1.807) is 41.7 Å². The molecule has 3 aromatic heterocycles. The van der Waals surface area contributed by atoms with Crippen LogP contribution < -0.4 is 5.32 Å². The summed E-state index contributed by atoms with van der Waals surface area (Å²) in [5.41, 5.74) is 2.78. The number of rotatable bonds is 8. The maximum absolute atomic E-state index is 13.0. The summed E-state index contributed by atoms with van der Waals surface area (Å²) in [5, 5.41) is 31.0. The van der Waals surface area contributed by atoms with Crippen LogP contribution in [0, 0.1) is 11.3 Å². The van der Waals surface area contributed by atoms with E-state index in [2.05, 4.69) is 67.9 Å². The van der Waals surface area contributed by atoms with Gasteiger partial charge in [0.15, 0.2) is 5.82 Å². The third-order valence-corrected chi connectivity index (χ3v) is 9.86. The Kier molecular flexibility index (Phi) is 7.16. The predicted molar refractivity (Wildman–Crippen MR) is 145 cm³/mol. The molecule has 194 valence electrons. The van der Waals surface area contributed by atoms with Crippen LogP contribution in [0.1, 0.15) is 62.6 Å². The zero-order valence-electron chi connectivity index (χ0n) is 21.5. The summed E-state index contributed by atoms with van der Waals surface area (Å²) in [5.74, 6) is 0.633. The highest BCUT2D eigenvalue weighted by molar-refractivity contribution is 7.15. The maximum Gasteiger partial charge on any atom is 0.263 e. The van der Waals surface area contributed by atoms with Gasteiger partial charge in [0.2, 0.25) is 0 Å². The lowest BCUT2D eigenvalue weighted by molar-refractivity contribution is 0.0832. The van der Waals surface area contributed by atoms with Gasteiger partial charge in [0, 0.05) is 48.7 Å². The Bertz CT molecular complexity index is 1320. The lowest BCUT2D eigenvalue weighted by Crippen LogP contribution is -2.41. The number of fused-ring (bicyclic) bond motifs is 2. The van der Waals surface area contributed by atoms with E-state index in [-0.39, 0.29) is 18.0 Å². The molecule has 0 aromatic carbocycles. The number of carbonyl (C=O) groups excluding carboxylic acids is 1. The number of aryl methyl sites for hydroxylation is 2. The minimum atomic E-state index is -0.631. The number of nitriles is 1. The van der Waals surface area contributed by atoms with Gasteiger partial charge in [0.25, 0.3) is 5.91 Å². The number of H-pyrrole nitrogens is 1. The van der Waals surface area contributed by atoms with Crippen LogP contribution in [-0.4, -0.2) is 75.6 Å². The van der Waals surface area contributed by atoms with Crippen LogP contribution in [0.15, 0.2) is 29.8 Å². The molecule has 9 nitrogen and oxygen atoms in total. The summed E-state index contributed by atoms with van der Waals surface area (Å²) in [6.45, 7) is 7.91. The zero-order valence-corrected chi connectivity index (χ0v) is 23.1. The average molecular weight is 537 g/mol. The number of amides is 1. The third-order valence-electron chi connectivity index (χ3n) is 7.41. The SMILES string of the molecule is C=C(CN[C@H](C)CC1(c2nn[nH]n2)c2sccc2CCc2cc(C(=O)N(C)C)sc21)N1CCCC1C#N. The number of thiophene rings is 2. The van der Waals surface area contributed by atoms with Crippen LogP contribution in [0.2, 0.25) is 0 Å². The van der Waals surface area contributed by atoms with Crippen LogP contribution in [0.25, 0.3) is 0 Å². The molecule has 2 N–H and O–H groups in total. The van der Waals surface area contributed by atoms with Gasteiger partial charge in [-0.15, -0.1) is 32.9 Å². The van der Waals surface area contributed by atoms with E-state index >= 15 is 0 Å². The van der Waals surface area contributed by atoms with Crippen LogP contribution in [0.4, 0.5) is 0 Å². The van der Waals surface area contributed by atoms with Gasteiger partial charge >= 0.3 is 0 Å². The number of nitrogens with one attached hydrogen (secondary N) is 2. The van der Waals surface area contributed by atoms with Crippen molar-refractivity contribution in [1.29, 1.82) is 5.26 Å². The molecule has 11 heteroatoms. The Morgan fingerprint density at radius 2 is 2.22 bits per heavy atom. The molecular weight excluding hydrogens is 504 g/mol. The number of hydrogen-bond acceptors (Lipinski definition) is 9. The van der Waals surface area contributed by atoms with E-state index in [9.17, 15) is 10.1 Å². The standard InChI is InChI=1S/C26H32N8OS2/c1-16(28-15-17(2)34-10-5-6-20(34)14-27)13-26(25-29-31-32-30-25)22-18(9-11-36-22)7-8-19-12-21(37-23(19)26)24(35)33(3)4/h9,11-12,16,20,28H,2,5-8,10,13,15H2,1,3-4H3,(H,29,30,31,32)/t16-,20?,26?/m1/s1. The maximum atomic E-state index is 13.0. The lowest BCUT2D eigenvalue weighted by atomic mass is 9.76. The minimum absolute atomic E-state index is 0.00613. The molecule has 0 bridgehead atoms. The summed E-state index contributed by atoms with van der Waals surface area (Å²) in [7, 11) is 3.57. The zero-order chi connectivity index (χ0) is 26.2. The van der Waals surface area contributed by atoms with Crippen LogP contribution in [-0.2, 0) is 18.3 Å². The van der Waals surface area contributed by atoms with Crippen molar-refractivity contribution in [3.8, 4) is 6.07 Å². The van der Waals surface area contributed by atoms with Crippen molar-refractivity contribution in [2.75, 3.05) is 27.2 Å². The number of aromatic amines is 1. The average Bonchev–Trinajstić information content (AvgIpc) is 3.70. The molecule has 1 fully saturated rings. The molecule has 4 heterocycles. The first kappa shape index (κ1) is 25.6. The second-order valence-electron chi connectivity index (χ2n) is 10.1. The van der Waals surface area contributed by atoms with Crippen molar-refractivity contribution in [1.82, 2.24) is 35.7 Å². The number of nitrogens with zero attached hydrogens (tertiary/aromatic N) is 6. The number of aromatic nitrogens is 4. The molecule has 3 atom stereocenters. The second kappa shape index (κ2) is 10.4. The van der Waals surface area contributed by atoms with Crippen LogP contribution in [0.5, 0.6) is 0 Å². The Morgan fingerprint density at radius 3 is 2.95 bits per heavy atom. The first-order chi connectivity index (χ1) is 17.8. The monoisotopic (exact) mass is 536 g/mol. The quantitative estimate of drug-likeness (QED) is 0.454. The highest BCUT2D eigenvalue weighted by Crippen LogP contribution is 2.51. The molecule has 0 spiro atoms. The van der Waals surface area contributed by atoms with Crippen molar-refractivity contribution in [3.05, 3.63) is 61.4 Å². The number of tetrazole rings is 1. The normalized spacial score (nSPS) is 21.6. The fourth-order valence-electron chi connectivity index (χ4n) is 5.61. The molecule has 0 saturated carbocycles. The lowest BCUT2D eigenvalue weighted by Gasteiger charge is -2.34. The minimum Gasteiger partial charge on any atom is -0.358 e. The van der Waals surface area contributed by atoms with E-state index in [0.29, 0.717) is 18.8 Å². The van der Waals surface area contributed by atoms with Crippen molar-refractivity contribution in [2.45, 2.75) is 56.5 Å². The molecule has 2 unspecified atom stereocenters. The molecular formula is C26H32N8OS2. The van der Waals surface area contributed by atoms with Crippen molar-refractivity contribution in [3.63, 3.8) is 0 Å². The summed E-state index contributed by atoms with van der Waals surface area (Å²) in [6, 6.07) is 6.63. The van der Waals surface area contributed by atoms with Gasteiger partial charge in [0.05, 0.1) is 10.9 Å². The predicted octanol–water partition coefficient (Wildman–Crippen LogP) is 3.33. The van der Waals surface area contributed by atoms with Gasteiger partial charge in [-0.1, -0.05) is 11.8 Å². The Hall–Kier alpha value is -3.07. The number of hydrogen-bond donors (Lipinski definition) is 2. The largest absolute Gasteiger partial charge is 0.358 e. The summed E-state index contributed by atoms with van der Waals surface area (Å²) in [6.07, 6.45) is 4.37. The summed E-state index contributed by atoms with van der Waals surface area (Å²) < 4.78 is 0. The van der Waals surface area contributed by atoms with Gasteiger partial charge < -0.3 is 15.1 Å². The van der Waals surface area contributed by atoms with E-state index in [1.165, 1.54) is 16.0 Å². The Balaban J connectivity index is 1.51. The first-order valence-corrected chi connectivity index (χ1v) is 14.3.